The van der Waals surface area contributed by atoms with E-state index in [0.717, 1.165) is 16.8 Å². The van der Waals surface area contributed by atoms with Crippen molar-refractivity contribution < 1.29 is 19.4 Å². The minimum Gasteiger partial charge on any atom is -0.504 e. The predicted molar refractivity (Wildman–Crippen MR) is 123 cm³/mol. The highest BCUT2D eigenvalue weighted by Crippen LogP contribution is 2.41. The summed E-state index contributed by atoms with van der Waals surface area (Å²) < 4.78 is 10.8. The third-order valence-electron chi connectivity index (χ3n) is 5.84. The second kappa shape index (κ2) is 9.30. The molecular weight excluding hydrogens is 404 g/mol. The number of pyridine rings is 1. The largest absolute Gasteiger partial charge is 0.504 e. The quantitative estimate of drug-likeness (QED) is 0.592. The van der Waals surface area contributed by atoms with Crippen LogP contribution in [0.25, 0.3) is 0 Å². The summed E-state index contributed by atoms with van der Waals surface area (Å²) in [6.45, 7) is 5.05. The first kappa shape index (κ1) is 21.7. The maximum atomic E-state index is 13.9. The van der Waals surface area contributed by atoms with Crippen LogP contribution >= 0.6 is 0 Å². The van der Waals surface area contributed by atoms with Crippen molar-refractivity contribution >= 4 is 11.6 Å². The van der Waals surface area contributed by atoms with Gasteiger partial charge in [0.2, 0.25) is 11.8 Å². The molecular formula is C26H28N2O4. The number of fused-ring (bicyclic) bond motifs is 1. The summed E-state index contributed by atoms with van der Waals surface area (Å²) in [7, 11) is 1.58. The number of anilines is 1. The summed E-state index contributed by atoms with van der Waals surface area (Å²) in [6.07, 6.45) is 2.28. The van der Waals surface area contributed by atoms with Gasteiger partial charge < -0.3 is 19.5 Å². The van der Waals surface area contributed by atoms with Crippen molar-refractivity contribution in [3.63, 3.8) is 0 Å². The van der Waals surface area contributed by atoms with Crippen LogP contribution in [0.15, 0.2) is 60.8 Å². The summed E-state index contributed by atoms with van der Waals surface area (Å²) in [6, 6.07) is 17.0. The van der Waals surface area contributed by atoms with Crippen LogP contribution in [0.5, 0.6) is 17.4 Å². The van der Waals surface area contributed by atoms with Gasteiger partial charge in [0.15, 0.2) is 11.5 Å². The monoisotopic (exact) mass is 432 g/mol. The van der Waals surface area contributed by atoms with Gasteiger partial charge in [-0.05, 0) is 41.7 Å². The van der Waals surface area contributed by atoms with Crippen molar-refractivity contribution in [2.75, 3.05) is 18.6 Å². The number of aromatic hydroxyl groups is 1. The number of amides is 1. The molecule has 1 aliphatic rings. The van der Waals surface area contributed by atoms with E-state index >= 15 is 0 Å². The fourth-order valence-electron chi connectivity index (χ4n) is 4.00. The van der Waals surface area contributed by atoms with Gasteiger partial charge in [-0.2, -0.15) is 0 Å². The van der Waals surface area contributed by atoms with Crippen LogP contribution in [-0.2, 0) is 11.3 Å². The van der Waals surface area contributed by atoms with Crippen LogP contribution < -0.4 is 14.4 Å². The molecule has 0 fully saturated rings. The number of hydrogen-bond acceptors (Lipinski definition) is 5. The molecule has 3 aromatic rings. The number of benzene rings is 2. The number of carbonyl (C=O) groups is 1. The number of nitrogens with zero attached hydrogens (tertiary/aromatic N) is 2. The fourth-order valence-corrected chi connectivity index (χ4v) is 4.00. The van der Waals surface area contributed by atoms with E-state index in [4.69, 9.17) is 9.47 Å². The van der Waals surface area contributed by atoms with Gasteiger partial charge in [0.25, 0.3) is 0 Å². The zero-order chi connectivity index (χ0) is 22.7. The second-order valence-corrected chi connectivity index (χ2v) is 8.26. The van der Waals surface area contributed by atoms with E-state index in [1.807, 2.05) is 24.3 Å². The van der Waals surface area contributed by atoms with Gasteiger partial charge in [0.1, 0.15) is 0 Å². The zero-order valence-corrected chi connectivity index (χ0v) is 18.6. The molecule has 2 heterocycles. The zero-order valence-electron chi connectivity index (χ0n) is 18.6. The van der Waals surface area contributed by atoms with Gasteiger partial charge >= 0.3 is 0 Å². The average Bonchev–Trinajstić information content (AvgIpc) is 2.82. The Hall–Kier alpha value is -3.54. The van der Waals surface area contributed by atoms with Crippen LogP contribution in [-0.4, -0.2) is 29.7 Å². The number of rotatable bonds is 6. The number of hydrogen-bond donors (Lipinski definition) is 1. The van der Waals surface area contributed by atoms with Crippen molar-refractivity contribution in [1.82, 2.24) is 4.98 Å². The van der Waals surface area contributed by atoms with Crippen LogP contribution in [0.3, 0.4) is 0 Å². The van der Waals surface area contributed by atoms with Gasteiger partial charge in [0, 0.05) is 23.5 Å². The van der Waals surface area contributed by atoms with Gasteiger partial charge in [-0.15, -0.1) is 0 Å². The number of para-hydroxylation sites is 1. The van der Waals surface area contributed by atoms with Gasteiger partial charge in [-0.1, -0.05) is 44.2 Å². The molecule has 1 aliphatic heterocycles. The van der Waals surface area contributed by atoms with E-state index in [2.05, 4.69) is 31.0 Å². The molecule has 0 saturated heterocycles. The Balaban J connectivity index is 1.70. The molecule has 0 radical (unpaired) electrons. The SMILES string of the molecule is COc1ccc(CN(C(=O)C2CCOc3c(O)cccc32)c2ccc(C(C)C)cc2)cn1. The summed E-state index contributed by atoms with van der Waals surface area (Å²) in [5, 5.41) is 10.2. The molecule has 2 aromatic carbocycles. The third-order valence-corrected chi connectivity index (χ3v) is 5.84. The van der Waals surface area contributed by atoms with Crippen LogP contribution in [0.2, 0.25) is 0 Å². The first-order valence-electron chi connectivity index (χ1n) is 10.8. The van der Waals surface area contributed by atoms with E-state index in [0.29, 0.717) is 37.1 Å². The minimum absolute atomic E-state index is 0.0340. The molecule has 6 heteroatoms. The van der Waals surface area contributed by atoms with Crippen LogP contribution in [0.1, 0.15) is 48.8 Å². The smallest absolute Gasteiger partial charge is 0.235 e. The van der Waals surface area contributed by atoms with E-state index in [9.17, 15) is 9.90 Å². The Bertz CT molecular complexity index is 1080. The normalized spacial score (nSPS) is 15.1. The Labute approximate surface area is 188 Å². The van der Waals surface area contributed by atoms with Crippen molar-refractivity contribution in [3.05, 3.63) is 77.5 Å². The molecule has 1 amide bonds. The van der Waals surface area contributed by atoms with Crippen molar-refractivity contribution in [2.24, 2.45) is 0 Å². The summed E-state index contributed by atoms with van der Waals surface area (Å²) in [5.41, 5.74) is 3.66. The first-order valence-corrected chi connectivity index (χ1v) is 10.8. The van der Waals surface area contributed by atoms with Crippen molar-refractivity contribution in [1.29, 1.82) is 0 Å². The summed E-state index contributed by atoms with van der Waals surface area (Å²) in [5.74, 6) is 0.965. The standard InChI is InChI=1S/C26H28N2O4/c1-17(2)19-8-10-20(11-9-19)28(16-18-7-12-24(31-3)27-15-18)26(30)22-13-14-32-25-21(22)5-4-6-23(25)29/h4-12,15,17,22,29H,13-14,16H2,1-3H3. The van der Waals surface area contributed by atoms with E-state index in [1.54, 1.807) is 36.4 Å². The Morgan fingerprint density at radius 3 is 2.62 bits per heavy atom. The number of ether oxygens (including phenoxy) is 2. The van der Waals surface area contributed by atoms with Crippen molar-refractivity contribution in [2.45, 2.75) is 38.6 Å². The molecule has 0 saturated carbocycles. The summed E-state index contributed by atoms with van der Waals surface area (Å²) >= 11 is 0. The molecule has 166 valence electrons. The molecule has 1 N–H and O–H groups in total. The Kier molecular flexibility index (Phi) is 6.30. The van der Waals surface area contributed by atoms with E-state index in [-0.39, 0.29) is 11.7 Å². The average molecular weight is 433 g/mol. The first-order chi connectivity index (χ1) is 15.5. The molecule has 1 aromatic heterocycles. The lowest BCUT2D eigenvalue weighted by Crippen LogP contribution is -2.36. The highest BCUT2D eigenvalue weighted by molar-refractivity contribution is 5.98. The molecule has 32 heavy (non-hydrogen) atoms. The molecule has 4 rings (SSSR count). The third kappa shape index (κ3) is 4.40. The topological polar surface area (TPSA) is 71.9 Å². The lowest BCUT2D eigenvalue weighted by atomic mass is 9.91. The Morgan fingerprint density at radius 1 is 1.19 bits per heavy atom. The minimum atomic E-state index is -0.401. The molecule has 0 aliphatic carbocycles. The molecule has 0 bridgehead atoms. The predicted octanol–water partition coefficient (Wildman–Crippen LogP) is 5.02. The van der Waals surface area contributed by atoms with Gasteiger partial charge in [-0.25, -0.2) is 4.98 Å². The highest BCUT2D eigenvalue weighted by atomic mass is 16.5. The molecule has 1 atom stereocenters. The van der Waals surface area contributed by atoms with Crippen LogP contribution in [0.4, 0.5) is 5.69 Å². The van der Waals surface area contributed by atoms with E-state index < -0.39 is 5.92 Å². The Morgan fingerprint density at radius 2 is 1.97 bits per heavy atom. The number of phenolic OH excluding ortho intramolecular Hbond substituents is 1. The van der Waals surface area contributed by atoms with Crippen LogP contribution in [0, 0.1) is 0 Å². The van der Waals surface area contributed by atoms with Crippen molar-refractivity contribution in [3.8, 4) is 17.4 Å². The second-order valence-electron chi connectivity index (χ2n) is 8.26. The van der Waals surface area contributed by atoms with Gasteiger partial charge in [-0.3, -0.25) is 4.79 Å². The number of methoxy groups -OCH3 is 1. The summed E-state index contributed by atoms with van der Waals surface area (Å²) in [4.78, 5) is 19.9. The highest BCUT2D eigenvalue weighted by Gasteiger charge is 2.33. The lowest BCUT2D eigenvalue weighted by Gasteiger charge is -2.31. The maximum Gasteiger partial charge on any atom is 0.235 e. The van der Waals surface area contributed by atoms with Gasteiger partial charge in [0.05, 0.1) is 26.2 Å². The maximum absolute atomic E-state index is 13.9. The fraction of sp³-hybridized carbons (Fsp3) is 0.308. The lowest BCUT2D eigenvalue weighted by molar-refractivity contribution is -0.120. The molecule has 1 unspecified atom stereocenters. The number of phenols is 1. The molecule has 6 nitrogen and oxygen atoms in total. The van der Waals surface area contributed by atoms with E-state index in [1.165, 1.54) is 5.56 Å². The number of aromatic nitrogens is 1. The number of carbonyl (C=O) groups excluding carboxylic acids is 1. The molecule has 0 spiro atoms.